The molecule has 0 amide bonds. The van der Waals surface area contributed by atoms with Gasteiger partial charge in [0.15, 0.2) is 0 Å². The summed E-state index contributed by atoms with van der Waals surface area (Å²) in [6, 6.07) is 3.94. The van der Waals surface area contributed by atoms with E-state index in [9.17, 15) is 0 Å². The Morgan fingerprint density at radius 1 is 1.29 bits per heavy atom. The Labute approximate surface area is 102 Å². The monoisotopic (exact) mass is 235 g/mol. The highest BCUT2D eigenvalue weighted by Gasteiger charge is 2.11. The molecule has 0 aliphatic carbocycles. The fraction of sp³-hybridized carbons (Fsp3) is 0.615. The van der Waals surface area contributed by atoms with Gasteiger partial charge in [0.05, 0.1) is 6.61 Å². The fourth-order valence-electron chi connectivity index (χ4n) is 2.21. The lowest BCUT2D eigenvalue weighted by molar-refractivity contribution is 0.265. The number of aliphatic hydroxyl groups is 1. The molecule has 1 fully saturated rings. The molecule has 2 rings (SSSR count). The van der Waals surface area contributed by atoms with Crippen molar-refractivity contribution in [2.45, 2.75) is 31.7 Å². The molecule has 1 atom stereocenters. The van der Waals surface area contributed by atoms with Crippen LogP contribution in [0.2, 0.25) is 0 Å². The van der Waals surface area contributed by atoms with Crippen molar-refractivity contribution in [3.05, 3.63) is 23.9 Å². The van der Waals surface area contributed by atoms with Gasteiger partial charge in [-0.15, -0.1) is 0 Å². The number of rotatable bonds is 4. The summed E-state index contributed by atoms with van der Waals surface area (Å²) in [5.74, 6) is 1.06. The summed E-state index contributed by atoms with van der Waals surface area (Å²) in [5.41, 5.74) is 6.79. The van der Waals surface area contributed by atoms with Gasteiger partial charge in [0.25, 0.3) is 0 Å². The smallest absolute Gasteiger partial charge is 0.128 e. The molecule has 1 aromatic rings. The minimum atomic E-state index is -0.183. The Hall–Kier alpha value is -1.13. The van der Waals surface area contributed by atoms with E-state index in [2.05, 4.69) is 22.0 Å². The number of aromatic nitrogens is 1. The molecule has 2 heterocycles. The van der Waals surface area contributed by atoms with Crippen LogP contribution in [0, 0.1) is 0 Å². The average Bonchev–Trinajstić information content (AvgIpc) is 2.40. The average molecular weight is 235 g/mol. The van der Waals surface area contributed by atoms with Crippen LogP contribution >= 0.6 is 0 Å². The van der Waals surface area contributed by atoms with Crippen LogP contribution in [0.15, 0.2) is 18.3 Å². The molecule has 3 N–H and O–H groups in total. The summed E-state index contributed by atoms with van der Waals surface area (Å²) < 4.78 is 0. The van der Waals surface area contributed by atoms with E-state index in [0.717, 1.165) is 24.5 Å². The number of pyridine rings is 1. The van der Waals surface area contributed by atoms with E-state index in [0.29, 0.717) is 6.42 Å². The maximum Gasteiger partial charge on any atom is 0.128 e. The first-order valence-corrected chi connectivity index (χ1v) is 6.36. The van der Waals surface area contributed by atoms with Crippen LogP contribution in [-0.4, -0.2) is 35.8 Å². The number of piperidine rings is 1. The number of anilines is 1. The molecular formula is C13H21N3O. The SMILES string of the molecule is NC(CO)Cc1ccc(N2CCCCC2)nc1. The highest BCUT2D eigenvalue weighted by Crippen LogP contribution is 2.17. The van der Waals surface area contributed by atoms with Gasteiger partial charge in [0.1, 0.15) is 5.82 Å². The lowest BCUT2D eigenvalue weighted by atomic mass is 10.1. The molecule has 1 aromatic heterocycles. The molecule has 1 saturated heterocycles. The second-order valence-electron chi connectivity index (χ2n) is 4.72. The Balaban J connectivity index is 1.97. The van der Waals surface area contributed by atoms with E-state index >= 15 is 0 Å². The first-order valence-electron chi connectivity index (χ1n) is 6.36. The van der Waals surface area contributed by atoms with Gasteiger partial charge in [-0.05, 0) is 37.3 Å². The summed E-state index contributed by atoms with van der Waals surface area (Å²) in [5, 5.41) is 8.90. The van der Waals surface area contributed by atoms with Crippen LogP contribution in [0.25, 0.3) is 0 Å². The third-order valence-corrected chi connectivity index (χ3v) is 3.22. The maximum absolute atomic E-state index is 8.90. The van der Waals surface area contributed by atoms with Gasteiger partial charge in [-0.25, -0.2) is 4.98 Å². The van der Waals surface area contributed by atoms with Crippen molar-refractivity contribution in [3.63, 3.8) is 0 Å². The number of aliphatic hydroxyl groups excluding tert-OH is 1. The van der Waals surface area contributed by atoms with Crippen molar-refractivity contribution in [1.29, 1.82) is 0 Å². The van der Waals surface area contributed by atoms with Crippen molar-refractivity contribution < 1.29 is 5.11 Å². The molecule has 1 aliphatic heterocycles. The van der Waals surface area contributed by atoms with Gasteiger partial charge in [-0.2, -0.15) is 0 Å². The third-order valence-electron chi connectivity index (χ3n) is 3.22. The first-order chi connectivity index (χ1) is 8.29. The molecule has 17 heavy (non-hydrogen) atoms. The van der Waals surface area contributed by atoms with E-state index in [1.54, 1.807) is 0 Å². The number of nitrogens with two attached hydrogens (primary N) is 1. The lowest BCUT2D eigenvalue weighted by Crippen LogP contribution is -2.30. The van der Waals surface area contributed by atoms with Crippen molar-refractivity contribution in [1.82, 2.24) is 4.98 Å². The molecule has 1 aliphatic rings. The van der Waals surface area contributed by atoms with Crippen LogP contribution in [0.1, 0.15) is 24.8 Å². The largest absolute Gasteiger partial charge is 0.395 e. The third kappa shape index (κ3) is 3.41. The molecule has 0 aromatic carbocycles. The van der Waals surface area contributed by atoms with E-state index in [1.165, 1.54) is 19.3 Å². The van der Waals surface area contributed by atoms with Crippen LogP contribution < -0.4 is 10.6 Å². The van der Waals surface area contributed by atoms with Gasteiger partial charge in [-0.3, -0.25) is 0 Å². The highest BCUT2D eigenvalue weighted by molar-refractivity contribution is 5.39. The van der Waals surface area contributed by atoms with Gasteiger partial charge < -0.3 is 15.7 Å². The minimum absolute atomic E-state index is 0.0217. The maximum atomic E-state index is 8.90. The highest BCUT2D eigenvalue weighted by atomic mass is 16.3. The van der Waals surface area contributed by atoms with E-state index in [-0.39, 0.29) is 12.6 Å². The molecule has 0 bridgehead atoms. The normalized spacial score (nSPS) is 18.1. The second kappa shape index (κ2) is 5.98. The molecule has 0 spiro atoms. The Morgan fingerprint density at radius 3 is 2.65 bits per heavy atom. The second-order valence-corrected chi connectivity index (χ2v) is 4.72. The van der Waals surface area contributed by atoms with Gasteiger partial charge >= 0.3 is 0 Å². The quantitative estimate of drug-likeness (QED) is 0.815. The minimum Gasteiger partial charge on any atom is -0.395 e. The van der Waals surface area contributed by atoms with Crippen molar-refractivity contribution in [2.75, 3.05) is 24.6 Å². The van der Waals surface area contributed by atoms with Gasteiger partial charge in [0, 0.05) is 25.3 Å². The standard InChI is InChI=1S/C13H21N3O/c14-12(10-17)8-11-4-5-13(15-9-11)16-6-2-1-3-7-16/h4-5,9,12,17H,1-3,6-8,10,14H2. The van der Waals surface area contributed by atoms with Crippen LogP contribution in [0.4, 0.5) is 5.82 Å². The van der Waals surface area contributed by atoms with Crippen LogP contribution in [0.5, 0.6) is 0 Å². The molecular weight excluding hydrogens is 214 g/mol. The van der Waals surface area contributed by atoms with Crippen LogP contribution in [0.3, 0.4) is 0 Å². The summed E-state index contributed by atoms with van der Waals surface area (Å²) in [4.78, 5) is 6.81. The van der Waals surface area contributed by atoms with Gasteiger partial charge in [-0.1, -0.05) is 6.07 Å². The molecule has 0 saturated carbocycles. The van der Waals surface area contributed by atoms with Gasteiger partial charge in [0.2, 0.25) is 0 Å². The molecule has 0 radical (unpaired) electrons. The van der Waals surface area contributed by atoms with E-state index in [4.69, 9.17) is 10.8 Å². The molecule has 4 nitrogen and oxygen atoms in total. The number of hydrogen-bond donors (Lipinski definition) is 2. The Bertz CT molecular complexity index is 333. The summed E-state index contributed by atoms with van der Waals surface area (Å²) in [6.07, 6.45) is 6.42. The molecule has 94 valence electrons. The number of nitrogens with zero attached hydrogens (tertiary/aromatic N) is 2. The zero-order chi connectivity index (χ0) is 12.1. The summed E-state index contributed by atoms with van der Waals surface area (Å²) >= 11 is 0. The molecule has 1 unspecified atom stereocenters. The Kier molecular flexibility index (Phi) is 4.34. The summed E-state index contributed by atoms with van der Waals surface area (Å²) in [7, 11) is 0. The van der Waals surface area contributed by atoms with Crippen LogP contribution in [-0.2, 0) is 6.42 Å². The predicted octanol–water partition coefficient (Wildman–Crippen LogP) is 0.934. The van der Waals surface area contributed by atoms with Crippen molar-refractivity contribution in [3.8, 4) is 0 Å². The first kappa shape index (κ1) is 12.3. The topological polar surface area (TPSA) is 62.4 Å². The Morgan fingerprint density at radius 2 is 2.06 bits per heavy atom. The zero-order valence-corrected chi connectivity index (χ0v) is 10.2. The van der Waals surface area contributed by atoms with Crippen molar-refractivity contribution >= 4 is 5.82 Å². The predicted molar refractivity (Wildman–Crippen MR) is 69.1 cm³/mol. The fourth-order valence-corrected chi connectivity index (χ4v) is 2.21. The zero-order valence-electron chi connectivity index (χ0n) is 10.2. The summed E-state index contributed by atoms with van der Waals surface area (Å²) in [6.45, 7) is 2.25. The number of hydrogen-bond acceptors (Lipinski definition) is 4. The lowest BCUT2D eigenvalue weighted by Gasteiger charge is -2.27. The van der Waals surface area contributed by atoms with E-state index < -0.39 is 0 Å². The molecule has 4 heteroatoms. The van der Waals surface area contributed by atoms with E-state index in [1.807, 2.05) is 6.20 Å². The van der Waals surface area contributed by atoms with Crippen molar-refractivity contribution in [2.24, 2.45) is 5.73 Å².